The fourth-order valence-electron chi connectivity index (χ4n) is 7.31. The third-order valence-electron chi connectivity index (χ3n) is 8.34. The first-order valence-corrected chi connectivity index (χ1v) is 11.4. The van der Waals surface area contributed by atoms with E-state index in [2.05, 4.69) is 10.2 Å². The lowest BCUT2D eigenvalue weighted by atomic mass is 9.49. The molecular weight excluding hydrogens is 338 g/mol. The van der Waals surface area contributed by atoms with E-state index in [-0.39, 0.29) is 5.41 Å². The van der Waals surface area contributed by atoms with Gasteiger partial charge in [-0.1, -0.05) is 0 Å². The highest BCUT2D eigenvalue weighted by Gasteiger charge is 2.55. The first-order chi connectivity index (χ1) is 13.1. The SMILES string of the molecule is O=C(CCC1CCNC1)N1CCN(C(=O)C23CC4CC(CC(C4)C2)C3)CC1. The van der Waals surface area contributed by atoms with Crippen molar-refractivity contribution in [2.24, 2.45) is 29.1 Å². The number of nitrogens with zero attached hydrogens (tertiary/aromatic N) is 2. The molecular formula is C22H35N3O2. The highest BCUT2D eigenvalue weighted by atomic mass is 16.2. The average Bonchev–Trinajstić information content (AvgIpc) is 3.18. The summed E-state index contributed by atoms with van der Waals surface area (Å²) in [6.07, 6.45) is 10.5. The van der Waals surface area contributed by atoms with Gasteiger partial charge >= 0.3 is 0 Å². The molecule has 27 heavy (non-hydrogen) atoms. The van der Waals surface area contributed by atoms with Gasteiger partial charge in [-0.05, 0) is 88.1 Å². The fraction of sp³-hybridized carbons (Fsp3) is 0.909. The van der Waals surface area contributed by atoms with Crippen LogP contribution in [0.2, 0.25) is 0 Å². The fourth-order valence-corrected chi connectivity index (χ4v) is 7.31. The van der Waals surface area contributed by atoms with Crippen LogP contribution in [0.1, 0.15) is 57.8 Å². The molecule has 1 atom stereocenters. The smallest absolute Gasteiger partial charge is 0.228 e. The summed E-state index contributed by atoms with van der Waals surface area (Å²) in [7, 11) is 0. The summed E-state index contributed by atoms with van der Waals surface area (Å²) in [5, 5.41) is 3.38. The van der Waals surface area contributed by atoms with Gasteiger partial charge in [-0.25, -0.2) is 0 Å². The van der Waals surface area contributed by atoms with Gasteiger partial charge in [0.05, 0.1) is 5.41 Å². The molecule has 2 amide bonds. The van der Waals surface area contributed by atoms with E-state index in [9.17, 15) is 9.59 Å². The highest BCUT2D eigenvalue weighted by Crippen LogP contribution is 2.60. The Balaban J connectivity index is 1.14. The van der Waals surface area contributed by atoms with Crippen molar-refractivity contribution in [1.82, 2.24) is 15.1 Å². The second-order valence-electron chi connectivity index (χ2n) is 10.3. The van der Waals surface area contributed by atoms with Crippen molar-refractivity contribution < 1.29 is 9.59 Å². The Morgan fingerprint density at radius 3 is 2.04 bits per heavy atom. The van der Waals surface area contributed by atoms with E-state index in [0.717, 1.165) is 82.7 Å². The quantitative estimate of drug-likeness (QED) is 0.822. The molecule has 0 aromatic rings. The van der Waals surface area contributed by atoms with Crippen LogP contribution in [0.3, 0.4) is 0 Å². The van der Waals surface area contributed by atoms with Gasteiger partial charge in [0.15, 0.2) is 0 Å². The summed E-state index contributed by atoms with van der Waals surface area (Å²) in [5.74, 6) is 3.84. The van der Waals surface area contributed by atoms with Crippen LogP contribution < -0.4 is 5.32 Å². The van der Waals surface area contributed by atoms with Gasteiger partial charge in [-0.15, -0.1) is 0 Å². The lowest BCUT2D eigenvalue weighted by Crippen LogP contribution is -2.58. The maximum Gasteiger partial charge on any atom is 0.228 e. The number of carbonyl (C=O) groups is 2. The summed E-state index contributed by atoms with van der Waals surface area (Å²) >= 11 is 0. The van der Waals surface area contributed by atoms with Crippen LogP contribution in [0, 0.1) is 29.1 Å². The normalized spacial score (nSPS) is 40.6. The van der Waals surface area contributed by atoms with Gasteiger partial charge in [0.25, 0.3) is 0 Å². The van der Waals surface area contributed by atoms with E-state index >= 15 is 0 Å². The topological polar surface area (TPSA) is 52.7 Å². The van der Waals surface area contributed by atoms with Crippen molar-refractivity contribution in [2.45, 2.75) is 57.8 Å². The summed E-state index contributed by atoms with van der Waals surface area (Å²) in [6.45, 7) is 5.14. The monoisotopic (exact) mass is 373 g/mol. The van der Waals surface area contributed by atoms with Crippen molar-refractivity contribution in [1.29, 1.82) is 0 Å². The lowest BCUT2D eigenvalue weighted by Gasteiger charge is -2.57. The molecule has 4 bridgehead atoms. The molecule has 0 aromatic carbocycles. The zero-order valence-corrected chi connectivity index (χ0v) is 16.6. The largest absolute Gasteiger partial charge is 0.339 e. The second kappa shape index (κ2) is 7.06. The first-order valence-electron chi connectivity index (χ1n) is 11.4. The average molecular weight is 374 g/mol. The van der Waals surface area contributed by atoms with Crippen LogP contribution in [0.5, 0.6) is 0 Å². The van der Waals surface area contributed by atoms with E-state index in [4.69, 9.17) is 0 Å². The summed E-state index contributed by atoms with van der Waals surface area (Å²) in [4.78, 5) is 30.1. The third kappa shape index (κ3) is 3.41. The third-order valence-corrected chi connectivity index (χ3v) is 8.34. The van der Waals surface area contributed by atoms with Crippen molar-refractivity contribution >= 4 is 11.8 Å². The Morgan fingerprint density at radius 1 is 0.889 bits per heavy atom. The Morgan fingerprint density at radius 2 is 1.48 bits per heavy atom. The van der Waals surface area contributed by atoms with Crippen LogP contribution in [0.25, 0.3) is 0 Å². The summed E-state index contributed by atoms with van der Waals surface area (Å²) in [5.41, 5.74) is -0.0313. The molecule has 5 heteroatoms. The summed E-state index contributed by atoms with van der Waals surface area (Å²) < 4.78 is 0. The number of carbonyl (C=O) groups excluding carboxylic acids is 2. The van der Waals surface area contributed by atoms with Gasteiger partial charge in [0.2, 0.25) is 11.8 Å². The molecule has 150 valence electrons. The van der Waals surface area contributed by atoms with Gasteiger partial charge in [-0.2, -0.15) is 0 Å². The number of piperazine rings is 1. The van der Waals surface area contributed by atoms with Gasteiger partial charge < -0.3 is 15.1 Å². The number of hydrogen-bond donors (Lipinski definition) is 1. The predicted octanol–water partition coefficient (Wildman–Crippen LogP) is 2.26. The van der Waals surface area contributed by atoms with Crippen molar-refractivity contribution in [3.63, 3.8) is 0 Å². The molecule has 0 aromatic heterocycles. The van der Waals surface area contributed by atoms with Crippen LogP contribution in [-0.4, -0.2) is 60.9 Å². The molecule has 5 nitrogen and oxygen atoms in total. The van der Waals surface area contributed by atoms with E-state index in [1.165, 1.54) is 25.7 Å². The van der Waals surface area contributed by atoms with E-state index < -0.39 is 0 Å². The summed E-state index contributed by atoms with van der Waals surface area (Å²) in [6, 6.07) is 0. The molecule has 2 aliphatic heterocycles. The Hall–Kier alpha value is -1.10. The van der Waals surface area contributed by atoms with Crippen molar-refractivity contribution in [3.05, 3.63) is 0 Å². The zero-order valence-electron chi connectivity index (χ0n) is 16.6. The zero-order chi connectivity index (χ0) is 18.4. The molecule has 1 unspecified atom stereocenters. The molecule has 6 aliphatic rings. The molecule has 2 heterocycles. The van der Waals surface area contributed by atoms with Gasteiger partial charge in [0.1, 0.15) is 0 Å². The van der Waals surface area contributed by atoms with E-state index in [0.29, 0.717) is 24.2 Å². The molecule has 6 fully saturated rings. The highest BCUT2D eigenvalue weighted by molar-refractivity contribution is 5.84. The standard InChI is InChI=1S/C22H35N3O2/c26-20(2-1-16-3-4-23-15-16)24-5-7-25(8-6-24)21(27)22-12-17-9-18(13-22)11-19(10-17)14-22/h16-19,23H,1-15H2. The predicted molar refractivity (Wildman–Crippen MR) is 104 cm³/mol. The molecule has 2 saturated heterocycles. The lowest BCUT2D eigenvalue weighted by molar-refractivity contribution is -0.160. The van der Waals surface area contributed by atoms with Crippen LogP contribution in [-0.2, 0) is 9.59 Å². The molecule has 1 N–H and O–H groups in total. The Bertz CT molecular complexity index is 555. The minimum Gasteiger partial charge on any atom is -0.339 e. The molecule has 0 spiro atoms. The number of nitrogens with one attached hydrogen (secondary N) is 1. The van der Waals surface area contributed by atoms with Crippen LogP contribution in [0.15, 0.2) is 0 Å². The maximum absolute atomic E-state index is 13.4. The number of amides is 2. The molecule has 4 aliphatic carbocycles. The molecule has 0 radical (unpaired) electrons. The maximum atomic E-state index is 13.4. The van der Waals surface area contributed by atoms with Gasteiger partial charge in [-0.3, -0.25) is 9.59 Å². The first kappa shape index (κ1) is 18.0. The minimum absolute atomic E-state index is 0.0313. The Labute approximate surface area is 163 Å². The number of hydrogen-bond acceptors (Lipinski definition) is 3. The Kier molecular flexibility index (Phi) is 4.69. The molecule has 6 rings (SSSR count). The van der Waals surface area contributed by atoms with Crippen LogP contribution >= 0.6 is 0 Å². The molecule has 4 saturated carbocycles. The number of rotatable bonds is 4. The van der Waals surface area contributed by atoms with E-state index in [1.54, 1.807) is 0 Å². The van der Waals surface area contributed by atoms with E-state index in [1.807, 2.05) is 4.90 Å². The van der Waals surface area contributed by atoms with Crippen molar-refractivity contribution in [3.8, 4) is 0 Å². The van der Waals surface area contributed by atoms with Gasteiger partial charge in [0, 0.05) is 32.6 Å². The minimum atomic E-state index is -0.0313. The second-order valence-corrected chi connectivity index (χ2v) is 10.3. The van der Waals surface area contributed by atoms with Crippen molar-refractivity contribution in [2.75, 3.05) is 39.3 Å². The van der Waals surface area contributed by atoms with Crippen LogP contribution in [0.4, 0.5) is 0 Å².